The summed E-state index contributed by atoms with van der Waals surface area (Å²) in [5.41, 5.74) is 1.00. The monoisotopic (exact) mass is 289 g/mol. The van der Waals surface area contributed by atoms with E-state index in [1.54, 1.807) is 6.92 Å². The number of piperidine rings is 1. The number of carbonyl (C=O) groups is 1. The number of carbonyl (C=O) groups excluding carboxylic acids is 1. The van der Waals surface area contributed by atoms with Crippen molar-refractivity contribution in [3.63, 3.8) is 0 Å². The Balaban J connectivity index is 1.77. The molecule has 1 aromatic carbocycles. The summed E-state index contributed by atoms with van der Waals surface area (Å²) >= 11 is 0. The van der Waals surface area contributed by atoms with Gasteiger partial charge in [0.15, 0.2) is 0 Å². The quantitative estimate of drug-likeness (QED) is 0.929. The fourth-order valence-electron chi connectivity index (χ4n) is 3.50. The molecular weight excluding hydrogens is 266 g/mol. The van der Waals surface area contributed by atoms with Crippen LogP contribution >= 0.6 is 0 Å². The molecule has 0 aromatic heterocycles. The van der Waals surface area contributed by atoms with Crippen LogP contribution in [0.5, 0.6) is 5.75 Å². The molecule has 1 N–H and O–H groups in total. The molecular formula is C17H23NO3. The number of amides is 1. The number of rotatable bonds is 3. The number of para-hydroxylation sites is 1. The molecule has 1 fully saturated rings. The van der Waals surface area contributed by atoms with Crippen molar-refractivity contribution in [1.82, 2.24) is 4.90 Å². The first-order valence-corrected chi connectivity index (χ1v) is 7.87. The van der Waals surface area contributed by atoms with E-state index in [4.69, 9.17) is 4.74 Å². The van der Waals surface area contributed by atoms with E-state index in [1.165, 1.54) is 0 Å². The lowest BCUT2D eigenvalue weighted by molar-refractivity contribution is -0.137. The number of nitrogens with zero attached hydrogens (tertiary/aromatic N) is 1. The molecule has 3 rings (SSSR count). The number of ether oxygens (including phenoxy) is 1. The lowest BCUT2D eigenvalue weighted by Gasteiger charge is -2.37. The number of hydrogen-bond acceptors (Lipinski definition) is 3. The van der Waals surface area contributed by atoms with Gasteiger partial charge in [-0.2, -0.15) is 0 Å². The molecule has 2 aliphatic rings. The number of hydrogen-bond donors (Lipinski definition) is 1. The third kappa shape index (κ3) is 2.91. The van der Waals surface area contributed by atoms with Gasteiger partial charge in [-0.3, -0.25) is 4.79 Å². The number of aliphatic hydroxyl groups is 1. The van der Waals surface area contributed by atoms with Crippen molar-refractivity contribution < 1.29 is 14.6 Å². The van der Waals surface area contributed by atoms with E-state index in [2.05, 4.69) is 0 Å². The van der Waals surface area contributed by atoms with Gasteiger partial charge in [0.05, 0.1) is 6.10 Å². The highest BCUT2D eigenvalue weighted by Gasteiger charge is 2.36. The van der Waals surface area contributed by atoms with Gasteiger partial charge in [0, 0.05) is 18.2 Å². The summed E-state index contributed by atoms with van der Waals surface area (Å²) in [6.45, 7) is 3.04. The summed E-state index contributed by atoms with van der Waals surface area (Å²) in [4.78, 5) is 14.9. The summed E-state index contributed by atoms with van der Waals surface area (Å²) < 4.78 is 5.64. The highest BCUT2D eigenvalue weighted by atomic mass is 16.5. The third-order valence-corrected chi connectivity index (χ3v) is 4.52. The summed E-state index contributed by atoms with van der Waals surface area (Å²) in [7, 11) is 0. The Bertz CT molecular complexity index is 515. The topological polar surface area (TPSA) is 49.8 Å². The van der Waals surface area contributed by atoms with Gasteiger partial charge in [0.1, 0.15) is 18.3 Å². The van der Waals surface area contributed by atoms with Crippen LogP contribution in [0.3, 0.4) is 0 Å². The fourth-order valence-corrected chi connectivity index (χ4v) is 3.50. The molecule has 0 spiro atoms. The molecule has 0 bridgehead atoms. The second-order valence-electron chi connectivity index (χ2n) is 6.17. The summed E-state index contributed by atoms with van der Waals surface area (Å²) in [6.07, 6.45) is 3.48. The first-order chi connectivity index (χ1) is 10.2. The van der Waals surface area contributed by atoms with Gasteiger partial charge in [0.25, 0.3) is 0 Å². The van der Waals surface area contributed by atoms with Crippen LogP contribution in [-0.4, -0.2) is 41.2 Å². The van der Waals surface area contributed by atoms with Gasteiger partial charge in [-0.1, -0.05) is 18.2 Å². The molecule has 114 valence electrons. The van der Waals surface area contributed by atoms with E-state index in [9.17, 15) is 9.90 Å². The highest BCUT2D eigenvalue weighted by molar-refractivity contribution is 5.86. The van der Waals surface area contributed by atoms with Gasteiger partial charge in [0.2, 0.25) is 5.91 Å². The van der Waals surface area contributed by atoms with Gasteiger partial charge in [-0.15, -0.1) is 0 Å². The van der Waals surface area contributed by atoms with Gasteiger partial charge in [-0.25, -0.2) is 0 Å². The number of likely N-dealkylation sites (tertiary alicyclic amines) is 1. The van der Waals surface area contributed by atoms with Crippen molar-refractivity contribution in [3.8, 4) is 5.75 Å². The second-order valence-corrected chi connectivity index (χ2v) is 6.17. The van der Waals surface area contributed by atoms with Crippen molar-refractivity contribution in [1.29, 1.82) is 0 Å². The number of fused-ring (bicyclic) bond motifs is 1. The number of aliphatic hydroxyl groups excluding tert-OH is 1. The van der Waals surface area contributed by atoms with Gasteiger partial charge < -0.3 is 14.7 Å². The molecule has 1 amide bonds. The average Bonchev–Trinajstić information content (AvgIpc) is 2.90. The van der Waals surface area contributed by atoms with E-state index < -0.39 is 0 Å². The summed E-state index contributed by atoms with van der Waals surface area (Å²) in [5, 5.41) is 9.66. The predicted octanol–water partition coefficient (Wildman–Crippen LogP) is 2.31. The lowest BCUT2D eigenvalue weighted by Crippen LogP contribution is -2.47. The summed E-state index contributed by atoms with van der Waals surface area (Å²) in [5.74, 6) is 0.807. The molecule has 1 aromatic rings. The van der Waals surface area contributed by atoms with E-state index in [0.717, 1.165) is 37.1 Å². The van der Waals surface area contributed by atoms with Gasteiger partial charge in [-0.05, 0) is 38.7 Å². The Kier molecular flexibility index (Phi) is 4.15. The zero-order valence-electron chi connectivity index (χ0n) is 12.5. The minimum Gasteiger partial charge on any atom is -0.492 e. The standard InChI is InChI=1S/C17H23NO3/c1-12(19)10-13-6-4-5-9-18(13)17(20)15-11-21-16-8-3-2-7-14(15)16/h2-3,7-8,12-13,15,19H,4-6,9-11H2,1H3. The van der Waals surface area contributed by atoms with Crippen LogP contribution in [0.4, 0.5) is 0 Å². The van der Waals surface area contributed by atoms with Crippen LogP contribution in [0.1, 0.15) is 44.1 Å². The van der Waals surface area contributed by atoms with Crippen LogP contribution in [0, 0.1) is 0 Å². The normalized spacial score (nSPS) is 26.1. The molecule has 4 heteroatoms. The molecule has 0 radical (unpaired) electrons. The maximum atomic E-state index is 12.9. The fraction of sp³-hybridized carbons (Fsp3) is 0.588. The maximum Gasteiger partial charge on any atom is 0.233 e. The SMILES string of the molecule is CC(O)CC1CCCCN1C(=O)C1COc2ccccc21. The Labute approximate surface area is 125 Å². The molecule has 0 saturated carbocycles. The van der Waals surface area contributed by atoms with Crippen LogP contribution in [-0.2, 0) is 4.79 Å². The molecule has 2 heterocycles. The van der Waals surface area contributed by atoms with Crippen molar-refractivity contribution in [2.24, 2.45) is 0 Å². The average molecular weight is 289 g/mol. The zero-order chi connectivity index (χ0) is 14.8. The minimum atomic E-state index is -0.365. The molecule has 21 heavy (non-hydrogen) atoms. The van der Waals surface area contributed by atoms with Crippen LogP contribution in [0.2, 0.25) is 0 Å². The molecule has 2 aliphatic heterocycles. The zero-order valence-corrected chi connectivity index (χ0v) is 12.5. The lowest BCUT2D eigenvalue weighted by atomic mass is 9.93. The first kappa shape index (κ1) is 14.4. The van der Waals surface area contributed by atoms with Crippen molar-refractivity contribution >= 4 is 5.91 Å². The van der Waals surface area contributed by atoms with E-state index in [-0.39, 0.29) is 24.0 Å². The van der Waals surface area contributed by atoms with Crippen molar-refractivity contribution in [3.05, 3.63) is 29.8 Å². The van der Waals surface area contributed by atoms with Gasteiger partial charge >= 0.3 is 0 Å². The Hall–Kier alpha value is -1.55. The smallest absolute Gasteiger partial charge is 0.233 e. The van der Waals surface area contributed by atoms with E-state index in [1.807, 2.05) is 29.2 Å². The minimum absolute atomic E-state index is 0.158. The largest absolute Gasteiger partial charge is 0.492 e. The molecule has 1 saturated heterocycles. The summed E-state index contributed by atoms with van der Waals surface area (Å²) in [6, 6.07) is 7.96. The maximum absolute atomic E-state index is 12.9. The van der Waals surface area contributed by atoms with Crippen LogP contribution in [0.25, 0.3) is 0 Å². The Morgan fingerprint density at radius 3 is 3.05 bits per heavy atom. The predicted molar refractivity (Wildman–Crippen MR) is 80.3 cm³/mol. The van der Waals surface area contributed by atoms with Crippen molar-refractivity contribution in [2.45, 2.75) is 50.7 Å². The molecule has 3 atom stereocenters. The highest BCUT2D eigenvalue weighted by Crippen LogP contribution is 2.36. The third-order valence-electron chi connectivity index (χ3n) is 4.52. The molecule has 3 unspecified atom stereocenters. The number of benzene rings is 1. The first-order valence-electron chi connectivity index (χ1n) is 7.87. The molecule has 0 aliphatic carbocycles. The molecule has 4 nitrogen and oxygen atoms in total. The van der Waals surface area contributed by atoms with Crippen LogP contribution < -0.4 is 4.74 Å². The second kappa shape index (κ2) is 6.06. The Morgan fingerprint density at radius 1 is 1.43 bits per heavy atom. The van der Waals surface area contributed by atoms with Crippen molar-refractivity contribution in [2.75, 3.05) is 13.2 Å². The van der Waals surface area contributed by atoms with E-state index >= 15 is 0 Å². The Morgan fingerprint density at radius 2 is 2.24 bits per heavy atom. The van der Waals surface area contributed by atoms with E-state index in [0.29, 0.717) is 13.0 Å². The van der Waals surface area contributed by atoms with Crippen LogP contribution in [0.15, 0.2) is 24.3 Å².